The number of rotatable bonds is 7. The quantitative estimate of drug-likeness (QED) is 0.762. The molecule has 0 aliphatic rings. The Morgan fingerprint density at radius 3 is 2.67 bits per heavy atom. The van der Waals surface area contributed by atoms with Crippen molar-refractivity contribution >= 4 is 0 Å². The molecule has 100 valence electrons. The minimum absolute atomic E-state index is 0.0399. The van der Waals surface area contributed by atoms with Crippen molar-refractivity contribution < 1.29 is 18.3 Å². The van der Waals surface area contributed by atoms with E-state index in [2.05, 4.69) is 16.6 Å². The molecule has 0 saturated heterocycles. The highest BCUT2D eigenvalue weighted by Crippen LogP contribution is 2.29. The van der Waals surface area contributed by atoms with E-state index in [1.807, 2.05) is 6.92 Å². The summed E-state index contributed by atoms with van der Waals surface area (Å²) in [5.41, 5.74) is 0.833. The highest BCUT2D eigenvalue weighted by atomic mass is 19.3. The normalized spacial score (nSPS) is 12.3. The van der Waals surface area contributed by atoms with Crippen LogP contribution in [0.2, 0.25) is 0 Å². The molecular weight excluding hydrogens is 240 g/mol. The van der Waals surface area contributed by atoms with Gasteiger partial charge in [-0.25, -0.2) is 0 Å². The molecule has 0 aromatic heterocycles. The van der Waals surface area contributed by atoms with Crippen LogP contribution in [-0.2, 0) is 6.54 Å². The maximum atomic E-state index is 12.2. The summed E-state index contributed by atoms with van der Waals surface area (Å²) in [6.07, 6.45) is 1.76. The number of hydrogen-bond acceptors (Lipinski definition) is 3. The summed E-state index contributed by atoms with van der Waals surface area (Å²) in [6.45, 7) is 3.27. The van der Waals surface area contributed by atoms with Gasteiger partial charge in [-0.3, -0.25) is 0 Å². The van der Waals surface area contributed by atoms with Gasteiger partial charge < -0.3 is 14.8 Å². The second-order valence-corrected chi connectivity index (χ2v) is 3.77. The van der Waals surface area contributed by atoms with Crippen LogP contribution in [0.25, 0.3) is 0 Å². The molecule has 0 bridgehead atoms. The Kier molecular flexibility index (Phi) is 5.58. The molecule has 0 heterocycles. The first-order valence-electron chi connectivity index (χ1n) is 5.54. The van der Waals surface area contributed by atoms with Gasteiger partial charge in [0.2, 0.25) is 0 Å². The fourth-order valence-corrected chi connectivity index (χ4v) is 1.38. The van der Waals surface area contributed by atoms with E-state index in [1.165, 1.54) is 13.2 Å². The van der Waals surface area contributed by atoms with Crippen LogP contribution in [0.15, 0.2) is 30.9 Å². The largest absolute Gasteiger partial charge is 0.493 e. The summed E-state index contributed by atoms with van der Waals surface area (Å²) in [5.74, 6) is 0.328. The Labute approximate surface area is 105 Å². The van der Waals surface area contributed by atoms with E-state index in [-0.39, 0.29) is 17.5 Å². The summed E-state index contributed by atoms with van der Waals surface area (Å²) in [6, 6.07) is 5.08. The second kappa shape index (κ2) is 6.96. The predicted octanol–water partition coefficient (Wildman–Crippen LogP) is 2.96. The molecule has 0 spiro atoms. The smallest absolute Gasteiger partial charge is 0.387 e. The average Bonchev–Trinajstić information content (AvgIpc) is 2.35. The van der Waals surface area contributed by atoms with Crippen LogP contribution in [0.3, 0.4) is 0 Å². The minimum atomic E-state index is -2.87. The third-order valence-corrected chi connectivity index (χ3v) is 2.43. The molecule has 0 fully saturated rings. The summed E-state index contributed by atoms with van der Waals surface area (Å²) in [7, 11) is 1.41. The summed E-state index contributed by atoms with van der Waals surface area (Å²) < 4.78 is 33.8. The van der Waals surface area contributed by atoms with Crippen molar-refractivity contribution in [1.82, 2.24) is 5.32 Å². The van der Waals surface area contributed by atoms with Gasteiger partial charge in [0.1, 0.15) is 0 Å². The van der Waals surface area contributed by atoms with Crippen molar-refractivity contribution in [2.75, 3.05) is 7.11 Å². The van der Waals surface area contributed by atoms with E-state index in [4.69, 9.17) is 4.74 Å². The first kappa shape index (κ1) is 14.4. The third kappa shape index (κ3) is 4.33. The SMILES string of the molecule is C=CC(C)NCc1ccc(OC)c(OC(F)F)c1. The van der Waals surface area contributed by atoms with Crippen LogP contribution in [0, 0.1) is 0 Å². The second-order valence-electron chi connectivity index (χ2n) is 3.77. The van der Waals surface area contributed by atoms with E-state index in [0.717, 1.165) is 5.56 Å². The number of nitrogens with one attached hydrogen (secondary N) is 1. The molecule has 1 unspecified atom stereocenters. The number of methoxy groups -OCH3 is 1. The zero-order chi connectivity index (χ0) is 13.5. The Bertz CT molecular complexity index is 397. The standard InChI is InChI=1S/C13H17F2NO2/c1-4-9(2)16-8-10-5-6-11(17-3)12(7-10)18-13(14)15/h4-7,9,13,16H,1,8H2,2-3H3. The van der Waals surface area contributed by atoms with Gasteiger partial charge in [0, 0.05) is 12.6 Å². The van der Waals surface area contributed by atoms with E-state index >= 15 is 0 Å². The van der Waals surface area contributed by atoms with Crippen LogP contribution < -0.4 is 14.8 Å². The molecule has 1 aromatic carbocycles. The minimum Gasteiger partial charge on any atom is -0.493 e. The van der Waals surface area contributed by atoms with Gasteiger partial charge in [-0.1, -0.05) is 12.1 Å². The van der Waals surface area contributed by atoms with E-state index < -0.39 is 6.61 Å². The molecule has 1 atom stereocenters. The van der Waals surface area contributed by atoms with Crippen molar-refractivity contribution in [3.05, 3.63) is 36.4 Å². The highest BCUT2D eigenvalue weighted by molar-refractivity contribution is 5.43. The third-order valence-electron chi connectivity index (χ3n) is 2.43. The van der Waals surface area contributed by atoms with Gasteiger partial charge in [-0.15, -0.1) is 6.58 Å². The predicted molar refractivity (Wildman–Crippen MR) is 66.1 cm³/mol. The van der Waals surface area contributed by atoms with E-state index in [1.54, 1.807) is 18.2 Å². The maximum Gasteiger partial charge on any atom is 0.387 e. The monoisotopic (exact) mass is 257 g/mol. The van der Waals surface area contributed by atoms with Crippen molar-refractivity contribution in [2.24, 2.45) is 0 Å². The van der Waals surface area contributed by atoms with Crippen molar-refractivity contribution in [2.45, 2.75) is 26.1 Å². The summed E-state index contributed by atoms with van der Waals surface area (Å²) >= 11 is 0. The molecule has 0 saturated carbocycles. The molecule has 0 amide bonds. The lowest BCUT2D eigenvalue weighted by Gasteiger charge is -2.13. The molecule has 0 radical (unpaired) electrons. The van der Waals surface area contributed by atoms with Gasteiger partial charge in [-0.05, 0) is 24.6 Å². The fourth-order valence-electron chi connectivity index (χ4n) is 1.38. The molecule has 5 heteroatoms. The van der Waals surface area contributed by atoms with Gasteiger partial charge in [0.05, 0.1) is 7.11 Å². The molecule has 1 aromatic rings. The Hall–Kier alpha value is -1.62. The lowest BCUT2D eigenvalue weighted by molar-refractivity contribution is -0.0512. The topological polar surface area (TPSA) is 30.5 Å². The average molecular weight is 257 g/mol. The molecule has 0 aliphatic carbocycles. The van der Waals surface area contributed by atoms with Crippen LogP contribution in [0.1, 0.15) is 12.5 Å². The van der Waals surface area contributed by atoms with Crippen molar-refractivity contribution in [3.63, 3.8) is 0 Å². The lowest BCUT2D eigenvalue weighted by Crippen LogP contribution is -2.22. The number of ether oxygens (including phenoxy) is 2. The molecule has 1 rings (SSSR count). The van der Waals surface area contributed by atoms with Gasteiger partial charge in [0.25, 0.3) is 0 Å². The molecular formula is C13H17F2NO2. The number of benzene rings is 1. The van der Waals surface area contributed by atoms with Crippen LogP contribution in [0.4, 0.5) is 8.78 Å². The fraction of sp³-hybridized carbons (Fsp3) is 0.385. The van der Waals surface area contributed by atoms with Crippen LogP contribution in [0.5, 0.6) is 11.5 Å². The molecule has 18 heavy (non-hydrogen) atoms. The zero-order valence-electron chi connectivity index (χ0n) is 10.5. The Morgan fingerprint density at radius 2 is 2.11 bits per heavy atom. The Morgan fingerprint density at radius 1 is 1.39 bits per heavy atom. The summed E-state index contributed by atoms with van der Waals surface area (Å²) in [5, 5.41) is 3.16. The molecule has 3 nitrogen and oxygen atoms in total. The van der Waals surface area contributed by atoms with Gasteiger partial charge in [0.15, 0.2) is 11.5 Å². The van der Waals surface area contributed by atoms with Crippen LogP contribution >= 0.6 is 0 Å². The number of halogens is 2. The number of alkyl halides is 2. The van der Waals surface area contributed by atoms with Crippen molar-refractivity contribution in [3.8, 4) is 11.5 Å². The van der Waals surface area contributed by atoms with Gasteiger partial charge >= 0.3 is 6.61 Å². The highest BCUT2D eigenvalue weighted by Gasteiger charge is 2.11. The van der Waals surface area contributed by atoms with E-state index in [9.17, 15) is 8.78 Å². The van der Waals surface area contributed by atoms with E-state index in [0.29, 0.717) is 6.54 Å². The molecule has 0 aliphatic heterocycles. The summed E-state index contributed by atoms with van der Waals surface area (Å²) in [4.78, 5) is 0. The lowest BCUT2D eigenvalue weighted by atomic mass is 10.2. The number of hydrogen-bond donors (Lipinski definition) is 1. The van der Waals surface area contributed by atoms with Gasteiger partial charge in [-0.2, -0.15) is 8.78 Å². The first-order valence-corrected chi connectivity index (χ1v) is 5.54. The maximum absolute atomic E-state index is 12.2. The van der Waals surface area contributed by atoms with Crippen molar-refractivity contribution in [1.29, 1.82) is 0 Å². The zero-order valence-corrected chi connectivity index (χ0v) is 10.5. The molecule has 1 N–H and O–H groups in total. The first-order chi connectivity index (χ1) is 8.56. The Balaban J connectivity index is 2.78. The van der Waals surface area contributed by atoms with Crippen LogP contribution in [-0.4, -0.2) is 19.8 Å².